The lowest BCUT2D eigenvalue weighted by Gasteiger charge is -2.27. The third-order valence-corrected chi connectivity index (χ3v) is 4.37. The van der Waals surface area contributed by atoms with Crippen molar-refractivity contribution in [1.29, 1.82) is 0 Å². The molecule has 130 valence electrons. The van der Waals surface area contributed by atoms with Gasteiger partial charge in [-0.25, -0.2) is 0 Å². The van der Waals surface area contributed by atoms with Crippen molar-refractivity contribution in [1.82, 2.24) is 0 Å². The molecule has 1 heterocycles. The van der Waals surface area contributed by atoms with Crippen LogP contribution < -0.4 is 14.8 Å². The second-order valence-corrected chi connectivity index (χ2v) is 6.06. The van der Waals surface area contributed by atoms with Gasteiger partial charge < -0.3 is 14.8 Å². The Balaban J connectivity index is 1.65. The SMILES string of the molecule is CCOc1ccc(NC(=O)C2c3ccccc3Oc3ccccc32)cc1. The molecule has 0 radical (unpaired) electrons. The molecular weight excluding hydrogens is 326 g/mol. The first-order valence-corrected chi connectivity index (χ1v) is 8.65. The summed E-state index contributed by atoms with van der Waals surface area (Å²) in [6.07, 6.45) is 0. The number of amides is 1. The zero-order valence-electron chi connectivity index (χ0n) is 14.4. The highest BCUT2D eigenvalue weighted by molar-refractivity contribution is 5.99. The van der Waals surface area contributed by atoms with Crippen LogP contribution >= 0.6 is 0 Å². The average Bonchev–Trinajstić information content (AvgIpc) is 2.67. The Morgan fingerprint density at radius 1 is 0.923 bits per heavy atom. The molecule has 1 amide bonds. The normalized spacial score (nSPS) is 12.5. The molecule has 0 unspecified atom stereocenters. The molecule has 1 aliphatic rings. The van der Waals surface area contributed by atoms with E-state index in [0.717, 1.165) is 34.1 Å². The Bertz CT molecular complexity index is 889. The summed E-state index contributed by atoms with van der Waals surface area (Å²) in [6.45, 7) is 2.55. The van der Waals surface area contributed by atoms with Crippen molar-refractivity contribution >= 4 is 11.6 Å². The van der Waals surface area contributed by atoms with Crippen molar-refractivity contribution in [3.63, 3.8) is 0 Å². The van der Waals surface area contributed by atoms with Gasteiger partial charge in [-0.15, -0.1) is 0 Å². The number of carbonyl (C=O) groups excluding carboxylic acids is 1. The fourth-order valence-electron chi connectivity index (χ4n) is 3.21. The van der Waals surface area contributed by atoms with Gasteiger partial charge in [-0.05, 0) is 43.3 Å². The number of carbonyl (C=O) groups is 1. The van der Waals surface area contributed by atoms with E-state index in [-0.39, 0.29) is 5.91 Å². The topological polar surface area (TPSA) is 47.6 Å². The second kappa shape index (κ2) is 6.92. The Hall–Kier alpha value is -3.27. The summed E-state index contributed by atoms with van der Waals surface area (Å²) < 4.78 is 11.4. The smallest absolute Gasteiger partial charge is 0.236 e. The van der Waals surface area contributed by atoms with Crippen LogP contribution in [0.2, 0.25) is 0 Å². The highest BCUT2D eigenvalue weighted by Gasteiger charge is 2.32. The molecule has 4 heteroatoms. The molecule has 0 fully saturated rings. The molecule has 0 atom stereocenters. The Morgan fingerprint density at radius 3 is 2.08 bits per heavy atom. The first kappa shape index (κ1) is 16.2. The Morgan fingerprint density at radius 2 is 1.50 bits per heavy atom. The number of anilines is 1. The van der Waals surface area contributed by atoms with Gasteiger partial charge in [0, 0.05) is 16.8 Å². The molecule has 3 aromatic rings. The third-order valence-electron chi connectivity index (χ3n) is 4.37. The summed E-state index contributed by atoms with van der Waals surface area (Å²) in [4.78, 5) is 13.1. The predicted molar refractivity (Wildman–Crippen MR) is 101 cm³/mol. The minimum atomic E-state index is -0.414. The minimum Gasteiger partial charge on any atom is -0.494 e. The van der Waals surface area contributed by atoms with Crippen molar-refractivity contribution < 1.29 is 14.3 Å². The van der Waals surface area contributed by atoms with Gasteiger partial charge >= 0.3 is 0 Å². The number of rotatable bonds is 4. The van der Waals surface area contributed by atoms with Crippen molar-refractivity contribution in [3.8, 4) is 17.2 Å². The largest absolute Gasteiger partial charge is 0.494 e. The zero-order chi connectivity index (χ0) is 17.9. The molecule has 0 aliphatic carbocycles. The summed E-state index contributed by atoms with van der Waals surface area (Å²) in [5.74, 6) is 1.73. The van der Waals surface area contributed by atoms with Crippen LogP contribution in [0.25, 0.3) is 0 Å². The monoisotopic (exact) mass is 345 g/mol. The van der Waals surface area contributed by atoms with Crippen LogP contribution in [-0.2, 0) is 4.79 Å². The molecule has 1 aliphatic heterocycles. The van der Waals surface area contributed by atoms with Crippen LogP contribution in [0.1, 0.15) is 24.0 Å². The van der Waals surface area contributed by atoms with Crippen LogP contribution in [0.3, 0.4) is 0 Å². The van der Waals surface area contributed by atoms with Gasteiger partial charge in [0.1, 0.15) is 17.2 Å². The predicted octanol–water partition coefficient (Wildman–Crippen LogP) is 4.96. The highest BCUT2D eigenvalue weighted by atomic mass is 16.5. The number of benzene rings is 3. The van der Waals surface area contributed by atoms with E-state index < -0.39 is 5.92 Å². The summed E-state index contributed by atoms with van der Waals surface area (Å²) >= 11 is 0. The zero-order valence-corrected chi connectivity index (χ0v) is 14.4. The number of nitrogens with one attached hydrogen (secondary N) is 1. The summed E-state index contributed by atoms with van der Waals surface area (Å²) in [5, 5.41) is 3.01. The van der Waals surface area contributed by atoms with E-state index in [9.17, 15) is 4.79 Å². The molecule has 3 aromatic carbocycles. The van der Waals surface area contributed by atoms with Gasteiger partial charge in [-0.1, -0.05) is 36.4 Å². The van der Waals surface area contributed by atoms with E-state index in [4.69, 9.17) is 9.47 Å². The lowest BCUT2D eigenvalue weighted by molar-refractivity contribution is -0.116. The summed E-state index contributed by atoms with van der Waals surface area (Å²) in [7, 11) is 0. The molecule has 0 spiro atoms. The highest BCUT2D eigenvalue weighted by Crippen LogP contribution is 2.44. The number of hydrogen-bond acceptors (Lipinski definition) is 3. The Labute approximate surface area is 152 Å². The van der Waals surface area contributed by atoms with Crippen LogP contribution in [0.15, 0.2) is 72.8 Å². The van der Waals surface area contributed by atoms with E-state index in [2.05, 4.69) is 5.32 Å². The number of hydrogen-bond donors (Lipinski definition) is 1. The van der Waals surface area contributed by atoms with Crippen molar-refractivity contribution in [2.45, 2.75) is 12.8 Å². The van der Waals surface area contributed by atoms with E-state index >= 15 is 0 Å². The average molecular weight is 345 g/mol. The maximum Gasteiger partial charge on any atom is 0.236 e. The van der Waals surface area contributed by atoms with Crippen LogP contribution in [0, 0.1) is 0 Å². The van der Waals surface area contributed by atoms with Crippen molar-refractivity contribution in [2.75, 3.05) is 11.9 Å². The number of fused-ring (bicyclic) bond motifs is 2. The molecule has 0 saturated carbocycles. The first-order valence-electron chi connectivity index (χ1n) is 8.65. The maximum atomic E-state index is 13.1. The van der Waals surface area contributed by atoms with E-state index in [1.165, 1.54) is 0 Å². The molecule has 0 aromatic heterocycles. The lowest BCUT2D eigenvalue weighted by Crippen LogP contribution is -2.25. The molecule has 0 saturated heterocycles. The lowest BCUT2D eigenvalue weighted by atomic mass is 9.87. The second-order valence-electron chi connectivity index (χ2n) is 6.06. The fraction of sp³-hybridized carbons (Fsp3) is 0.136. The van der Waals surface area contributed by atoms with Gasteiger partial charge in [-0.3, -0.25) is 4.79 Å². The van der Waals surface area contributed by atoms with E-state index in [1.807, 2.05) is 79.7 Å². The molecule has 0 bridgehead atoms. The molecule has 1 N–H and O–H groups in total. The summed E-state index contributed by atoms with van der Waals surface area (Å²) in [5.41, 5.74) is 2.48. The first-order chi connectivity index (χ1) is 12.8. The van der Waals surface area contributed by atoms with Crippen LogP contribution in [0.5, 0.6) is 17.2 Å². The van der Waals surface area contributed by atoms with Crippen LogP contribution in [-0.4, -0.2) is 12.5 Å². The van der Waals surface area contributed by atoms with Crippen LogP contribution in [0.4, 0.5) is 5.69 Å². The van der Waals surface area contributed by atoms with Gasteiger partial charge in [0.25, 0.3) is 0 Å². The van der Waals surface area contributed by atoms with Gasteiger partial charge in [0.15, 0.2) is 0 Å². The minimum absolute atomic E-state index is 0.0858. The quantitative estimate of drug-likeness (QED) is 0.727. The molecular formula is C22H19NO3. The Kier molecular flexibility index (Phi) is 4.32. The molecule has 4 rings (SSSR count). The summed E-state index contributed by atoms with van der Waals surface area (Å²) in [6, 6.07) is 22.7. The van der Waals surface area contributed by atoms with Gasteiger partial charge in [0.2, 0.25) is 5.91 Å². The standard InChI is InChI=1S/C22H19NO3/c1-2-25-16-13-11-15(12-14-16)23-22(24)21-17-7-3-5-9-19(17)26-20-10-6-4-8-18(20)21/h3-14,21H,2H2,1H3,(H,23,24). The van der Waals surface area contributed by atoms with Gasteiger partial charge in [0.05, 0.1) is 12.5 Å². The molecule has 26 heavy (non-hydrogen) atoms. The van der Waals surface area contributed by atoms with Gasteiger partial charge in [-0.2, -0.15) is 0 Å². The molecule has 4 nitrogen and oxygen atoms in total. The van der Waals surface area contributed by atoms with Crippen molar-refractivity contribution in [3.05, 3.63) is 83.9 Å². The van der Waals surface area contributed by atoms with Crippen molar-refractivity contribution in [2.24, 2.45) is 0 Å². The number of para-hydroxylation sites is 2. The maximum absolute atomic E-state index is 13.1. The van der Waals surface area contributed by atoms with E-state index in [1.54, 1.807) is 0 Å². The van der Waals surface area contributed by atoms with E-state index in [0.29, 0.717) is 6.61 Å². The third kappa shape index (κ3) is 3.02. The number of ether oxygens (including phenoxy) is 2. The fourth-order valence-corrected chi connectivity index (χ4v) is 3.21.